The van der Waals surface area contributed by atoms with Crippen molar-refractivity contribution < 1.29 is 34.2 Å². The Kier molecular flexibility index (Phi) is 7.16. The standard InChI is InChI=1S/C31H35N3O7/c1-33(2)20-14-16(11-10-15-8-6-5-7-9-15)25(35)22-18(20)12-17-13-19-24(34(3)4)27(37)23(30(32)40)29(39)31(19,41)28(38)21(17)26(22)36/h8,14,17,19,21,23-24,35,41H,5-7,9,12-13H2,1-4H3,(H2,32,40). The number of hydrogen-bond donors (Lipinski definition) is 3. The van der Waals surface area contributed by atoms with Gasteiger partial charge in [-0.3, -0.25) is 28.9 Å². The fraction of sp³-hybridized carbons (Fsp3) is 0.516. The summed E-state index contributed by atoms with van der Waals surface area (Å²) in [6.45, 7) is 0. The van der Waals surface area contributed by atoms with E-state index < -0.39 is 64.4 Å². The number of phenols is 1. The summed E-state index contributed by atoms with van der Waals surface area (Å²) in [6, 6.07) is 0.595. The van der Waals surface area contributed by atoms with Crippen molar-refractivity contribution >= 4 is 34.7 Å². The van der Waals surface area contributed by atoms with Crippen LogP contribution in [-0.2, 0) is 25.6 Å². The predicted octanol–water partition coefficient (Wildman–Crippen LogP) is 0.785. The fourth-order valence-corrected chi connectivity index (χ4v) is 7.25. The average Bonchev–Trinajstić information content (AvgIpc) is 2.90. The lowest BCUT2D eigenvalue weighted by Gasteiger charge is -2.52. The molecule has 0 spiro atoms. The number of aliphatic hydroxyl groups is 1. The van der Waals surface area contributed by atoms with E-state index in [0.29, 0.717) is 11.3 Å². The van der Waals surface area contributed by atoms with Crippen LogP contribution in [0, 0.1) is 35.5 Å². The fourth-order valence-electron chi connectivity index (χ4n) is 7.25. The minimum atomic E-state index is -2.75. The van der Waals surface area contributed by atoms with Crippen molar-refractivity contribution in [2.75, 3.05) is 33.1 Å². The number of nitrogens with two attached hydrogens (primary N) is 1. The van der Waals surface area contributed by atoms with Gasteiger partial charge in [-0.25, -0.2) is 0 Å². The number of rotatable bonds is 3. The number of primary amides is 1. The molecule has 41 heavy (non-hydrogen) atoms. The van der Waals surface area contributed by atoms with Crippen LogP contribution >= 0.6 is 0 Å². The summed E-state index contributed by atoms with van der Waals surface area (Å²) in [4.78, 5) is 70.2. The van der Waals surface area contributed by atoms with Gasteiger partial charge in [0, 0.05) is 25.7 Å². The largest absolute Gasteiger partial charge is 0.506 e. The minimum absolute atomic E-state index is 0.00718. The van der Waals surface area contributed by atoms with E-state index in [0.717, 1.165) is 31.3 Å². The van der Waals surface area contributed by atoms with Crippen molar-refractivity contribution in [3.8, 4) is 17.6 Å². The molecule has 0 bridgehead atoms. The second-order valence-corrected chi connectivity index (χ2v) is 12.1. The maximum Gasteiger partial charge on any atom is 0.235 e. The molecule has 0 radical (unpaired) electrons. The van der Waals surface area contributed by atoms with E-state index in [1.54, 1.807) is 34.3 Å². The average molecular weight is 562 g/mol. The summed E-state index contributed by atoms with van der Waals surface area (Å²) in [6.07, 6.45) is 6.18. The molecular formula is C31H35N3O7. The van der Waals surface area contributed by atoms with Gasteiger partial charge in [0.15, 0.2) is 34.7 Å². The number of aromatic hydroxyl groups is 1. The lowest BCUT2D eigenvalue weighted by molar-refractivity contribution is -0.181. The summed E-state index contributed by atoms with van der Waals surface area (Å²) in [5, 5.41) is 23.1. The van der Waals surface area contributed by atoms with Gasteiger partial charge in [0.05, 0.1) is 23.1 Å². The van der Waals surface area contributed by atoms with Crippen molar-refractivity contribution in [1.29, 1.82) is 0 Å². The van der Waals surface area contributed by atoms with Crippen molar-refractivity contribution in [2.24, 2.45) is 29.4 Å². The maximum atomic E-state index is 14.1. The van der Waals surface area contributed by atoms with Gasteiger partial charge < -0.3 is 20.8 Å². The maximum absolute atomic E-state index is 14.1. The molecule has 4 aliphatic rings. The van der Waals surface area contributed by atoms with Crippen LogP contribution in [0.4, 0.5) is 5.69 Å². The first-order valence-corrected chi connectivity index (χ1v) is 13.9. The van der Waals surface area contributed by atoms with Crippen molar-refractivity contribution in [3.63, 3.8) is 0 Å². The van der Waals surface area contributed by atoms with E-state index in [-0.39, 0.29) is 29.7 Å². The zero-order valence-electron chi connectivity index (χ0n) is 23.7. The molecule has 2 fully saturated rings. The van der Waals surface area contributed by atoms with E-state index in [1.807, 2.05) is 4.90 Å². The number of fused-ring (bicyclic) bond motifs is 3. The predicted molar refractivity (Wildman–Crippen MR) is 149 cm³/mol. The molecule has 6 unspecified atom stereocenters. The molecular weight excluding hydrogens is 526 g/mol. The molecule has 6 atom stereocenters. The molecule has 0 saturated heterocycles. The Morgan fingerprint density at radius 1 is 1.07 bits per heavy atom. The van der Waals surface area contributed by atoms with Gasteiger partial charge in [-0.15, -0.1) is 0 Å². The lowest BCUT2D eigenvalue weighted by atomic mass is 9.52. The van der Waals surface area contributed by atoms with Crippen molar-refractivity contribution in [2.45, 2.75) is 50.2 Å². The highest BCUT2D eigenvalue weighted by Crippen LogP contribution is 2.52. The SMILES string of the molecule is CN(C)c1cc(C#CC2=CCCCC2)c(O)c2c1CC1CC3C(N(C)C)C(=O)C(C(N)=O)C(=O)C3(O)C(=O)C1C2=O. The van der Waals surface area contributed by atoms with Crippen molar-refractivity contribution in [1.82, 2.24) is 4.90 Å². The Morgan fingerprint density at radius 3 is 2.37 bits per heavy atom. The zero-order valence-corrected chi connectivity index (χ0v) is 23.7. The van der Waals surface area contributed by atoms with Crippen LogP contribution in [0.5, 0.6) is 5.75 Å². The third-order valence-corrected chi connectivity index (χ3v) is 9.17. The molecule has 2 saturated carbocycles. The second kappa shape index (κ2) is 10.2. The van der Waals surface area contributed by atoms with Crippen LogP contribution in [0.3, 0.4) is 0 Å². The number of phenolic OH excluding ortho intramolecular Hbond substituents is 1. The monoisotopic (exact) mass is 561 g/mol. The molecule has 1 amide bonds. The number of nitrogens with zero attached hydrogens (tertiary/aromatic N) is 2. The summed E-state index contributed by atoms with van der Waals surface area (Å²) in [5.74, 6) is -4.54. The number of carbonyl (C=O) groups excluding carboxylic acids is 5. The molecule has 0 aromatic heterocycles. The highest BCUT2D eigenvalue weighted by atomic mass is 16.3. The number of anilines is 1. The molecule has 4 N–H and O–H groups in total. The quantitative estimate of drug-likeness (QED) is 0.358. The van der Waals surface area contributed by atoms with Crippen molar-refractivity contribution in [3.05, 3.63) is 34.4 Å². The van der Waals surface area contributed by atoms with E-state index in [2.05, 4.69) is 17.9 Å². The molecule has 4 aliphatic carbocycles. The number of amides is 1. The summed E-state index contributed by atoms with van der Waals surface area (Å²) < 4.78 is 0. The number of Topliss-reactive ketones (excluding diaryl/α,β-unsaturated/α-hetero) is 4. The van der Waals surface area contributed by atoms with Crippen LogP contribution < -0.4 is 10.6 Å². The normalized spacial score (nSPS) is 31.0. The van der Waals surface area contributed by atoms with E-state index in [9.17, 15) is 34.2 Å². The smallest absolute Gasteiger partial charge is 0.235 e. The molecule has 0 aliphatic heterocycles. The number of likely N-dealkylation sites (N-methyl/N-ethyl adjacent to an activating group) is 1. The number of carbonyl (C=O) groups is 5. The summed E-state index contributed by atoms with van der Waals surface area (Å²) in [7, 11) is 6.73. The number of allylic oxidation sites excluding steroid dienone is 2. The Balaban J connectivity index is 1.64. The Morgan fingerprint density at radius 2 is 1.78 bits per heavy atom. The van der Waals surface area contributed by atoms with Crippen LogP contribution in [0.2, 0.25) is 0 Å². The van der Waals surface area contributed by atoms with E-state index in [1.165, 1.54) is 4.90 Å². The third-order valence-electron chi connectivity index (χ3n) is 9.17. The Labute approximate surface area is 238 Å². The van der Waals surface area contributed by atoms with Gasteiger partial charge in [-0.1, -0.05) is 17.9 Å². The molecule has 10 nitrogen and oxygen atoms in total. The first kappa shape index (κ1) is 28.7. The molecule has 1 aromatic rings. The van der Waals surface area contributed by atoms with E-state index in [4.69, 9.17) is 5.73 Å². The van der Waals surface area contributed by atoms with Gasteiger partial charge >= 0.3 is 0 Å². The minimum Gasteiger partial charge on any atom is -0.506 e. The van der Waals surface area contributed by atoms with Gasteiger partial charge in [0.2, 0.25) is 5.91 Å². The lowest BCUT2D eigenvalue weighted by Crippen LogP contribution is -2.74. The van der Waals surface area contributed by atoms with Crippen LogP contribution in [-0.4, -0.2) is 84.0 Å². The zero-order chi connectivity index (χ0) is 30.0. The van der Waals surface area contributed by atoms with Gasteiger partial charge in [0.1, 0.15) is 5.75 Å². The molecule has 216 valence electrons. The Hall–Kier alpha value is -3.81. The van der Waals surface area contributed by atoms with Gasteiger partial charge in [0.25, 0.3) is 0 Å². The first-order chi connectivity index (χ1) is 19.3. The summed E-state index contributed by atoms with van der Waals surface area (Å²) in [5.41, 5.74) is 4.99. The molecule has 5 rings (SSSR count). The second-order valence-electron chi connectivity index (χ2n) is 12.1. The highest BCUT2D eigenvalue weighted by molar-refractivity contribution is 6.32. The van der Waals surface area contributed by atoms with Gasteiger partial charge in [-0.2, -0.15) is 0 Å². The van der Waals surface area contributed by atoms with Gasteiger partial charge in [-0.05, 0) is 75.7 Å². The number of ketones is 4. The van der Waals surface area contributed by atoms with Crippen LogP contribution in [0.25, 0.3) is 0 Å². The molecule has 0 heterocycles. The van der Waals surface area contributed by atoms with Crippen LogP contribution in [0.1, 0.15) is 53.6 Å². The van der Waals surface area contributed by atoms with E-state index >= 15 is 0 Å². The number of hydrogen-bond acceptors (Lipinski definition) is 9. The summed E-state index contributed by atoms with van der Waals surface area (Å²) >= 11 is 0. The number of benzene rings is 1. The molecule has 1 aromatic carbocycles. The molecule has 10 heteroatoms. The highest BCUT2D eigenvalue weighted by Gasteiger charge is 2.69. The van der Waals surface area contributed by atoms with Crippen LogP contribution in [0.15, 0.2) is 17.7 Å². The topological polar surface area (TPSA) is 158 Å². The first-order valence-electron chi connectivity index (χ1n) is 13.9. The third kappa shape index (κ3) is 4.30. The Bertz CT molecular complexity index is 1480.